The average molecular weight is 246 g/mol. The summed E-state index contributed by atoms with van der Waals surface area (Å²) in [5, 5.41) is 9.29. The lowest BCUT2D eigenvalue weighted by Gasteiger charge is -2.05. The van der Waals surface area contributed by atoms with Gasteiger partial charge in [0, 0.05) is 19.2 Å². The third kappa shape index (κ3) is 3.03. The van der Waals surface area contributed by atoms with Crippen molar-refractivity contribution in [2.45, 2.75) is 12.8 Å². The van der Waals surface area contributed by atoms with Crippen LogP contribution in [-0.2, 0) is 6.42 Å². The van der Waals surface area contributed by atoms with Crippen molar-refractivity contribution in [1.29, 1.82) is 0 Å². The molecule has 0 unspecified atom stereocenters. The minimum Gasteiger partial charge on any atom is -0.383 e. The van der Waals surface area contributed by atoms with E-state index in [0.29, 0.717) is 12.1 Å². The molecule has 0 fully saturated rings. The highest BCUT2D eigenvalue weighted by Gasteiger charge is 2.08. The van der Waals surface area contributed by atoms with Gasteiger partial charge in [-0.2, -0.15) is 5.10 Å². The molecular formula is C11H14N6O. The Bertz CT molecular complexity index is 510. The number of aromatic amines is 1. The van der Waals surface area contributed by atoms with Crippen molar-refractivity contribution in [3.8, 4) is 0 Å². The number of H-pyrrole nitrogens is 1. The van der Waals surface area contributed by atoms with E-state index in [0.717, 1.165) is 18.7 Å². The molecule has 0 aliphatic carbocycles. The number of nitrogens with zero attached hydrogens (tertiary/aromatic N) is 3. The van der Waals surface area contributed by atoms with Gasteiger partial charge in [-0.15, -0.1) is 0 Å². The molecule has 94 valence electrons. The van der Waals surface area contributed by atoms with Crippen LogP contribution in [0.4, 0.5) is 5.82 Å². The Morgan fingerprint density at radius 3 is 3.06 bits per heavy atom. The molecule has 0 atom stereocenters. The number of amides is 1. The van der Waals surface area contributed by atoms with E-state index in [2.05, 4.69) is 25.5 Å². The molecule has 0 bridgehead atoms. The van der Waals surface area contributed by atoms with Gasteiger partial charge in [0.15, 0.2) is 0 Å². The monoisotopic (exact) mass is 246 g/mol. The predicted octanol–water partition coefficient (Wildman–Crippen LogP) is 0.144. The van der Waals surface area contributed by atoms with Crippen LogP contribution in [0.25, 0.3) is 0 Å². The topological polar surface area (TPSA) is 110 Å². The molecule has 4 N–H and O–H groups in total. The third-order valence-electron chi connectivity index (χ3n) is 2.42. The van der Waals surface area contributed by atoms with Crippen LogP contribution in [0.1, 0.15) is 22.6 Å². The quantitative estimate of drug-likeness (QED) is 0.650. The number of carbonyl (C=O) groups is 1. The molecule has 7 heteroatoms. The fourth-order valence-electron chi connectivity index (χ4n) is 1.51. The average Bonchev–Trinajstić information content (AvgIpc) is 2.88. The number of pyridine rings is 1. The molecule has 0 aromatic carbocycles. The van der Waals surface area contributed by atoms with Gasteiger partial charge in [0.05, 0.1) is 5.56 Å². The van der Waals surface area contributed by atoms with E-state index >= 15 is 0 Å². The Morgan fingerprint density at radius 1 is 1.44 bits per heavy atom. The molecule has 0 aliphatic rings. The lowest BCUT2D eigenvalue weighted by molar-refractivity contribution is 0.0954. The molecule has 0 saturated carbocycles. The molecule has 0 aliphatic heterocycles. The first-order valence-corrected chi connectivity index (χ1v) is 5.60. The summed E-state index contributed by atoms with van der Waals surface area (Å²) in [6.07, 6.45) is 4.53. The normalized spacial score (nSPS) is 10.2. The smallest absolute Gasteiger partial charge is 0.255 e. The predicted molar refractivity (Wildman–Crippen MR) is 65.7 cm³/mol. The summed E-state index contributed by atoms with van der Waals surface area (Å²) in [4.78, 5) is 19.6. The molecule has 1 amide bonds. The van der Waals surface area contributed by atoms with Gasteiger partial charge in [0.25, 0.3) is 5.91 Å². The van der Waals surface area contributed by atoms with Crippen molar-refractivity contribution >= 4 is 11.7 Å². The molecule has 18 heavy (non-hydrogen) atoms. The molecule has 2 rings (SSSR count). The van der Waals surface area contributed by atoms with Gasteiger partial charge in [-0.3, -0.25) is 9.89 Å². The highest BCUT2D eigenvalue weighted by atomic mass is 16.1. The fraction of sp³-hybridized carbons (Fsp3) is 0.273. The maximum Gasteiger partial charge on any atom is 0.255 e. The maximum atomic E-state index is 11.8. The summed E-state index contributed by atoms with van der Waals surface area (Å²) in [6.45, 7) is 0.549. The number of carbonyl (C=O) groups excluding carboxylic acids is 1. The second-order valence-corrected chi connectivity index (χ2v) is 3.73. The third-order valence-corrected chi connectivity index (χ3v) is 2.42. The summed E-state index contributed by atoms with van der Waals surface area (Å²) in [5.41, 5.74) is 6.01. The maximum absolute atomic E-state index is 11.8. The number of anilines is 1. The van der Waals surface area contributed by atoms with Gasteiger partial charge in [-0.05, 0) is 18.6 Å². The van der Waals surface area contributed by atoms with E-state index in [-0.39, 0.29) is 11.7 Å². The minimum atomic E-state index is -0.210. The number of aryl methyl sites for hydroxylation is 1. The van der Waals surface area contributed by atoms with Crippen LogP contribution in [0.3, 0.4) is 0 Å². The molecule has 0 spiro atoms. The van der Waals surface area contributed by atoms with Crippen molar-refractivity contribution in [3.05, 3.63) is 36.0 Å². The molecule has 7 nitrogen and oxygen atoms in total. The van der Waals surface area contributed by atoms with Crippen LogP contribution >= 0.6 is 0 Å². The zero-order valence-corrected chi connectivity index (χ0v) is 9.76. The number of rotatable bonds is 5. The summed E-state index contributed by atoms with van der Waals surface area (Å²) >= 11 is 0. The van der Waals surface area contributed by atoms with Gasteiger partial charge in [0.2, 0.25) is 0 Å². The largest absolute Gasteiger partial charge is 0.383 e. The van der Waals surface area contributed by atoms with E-state index in [1.807, 2.05) is 0 Å². The first kappa shape index (κ1) is 12.0. The van der Waals surface area contributed by atoms with Gasteiger partial charge in [-0.25, -0.2) is 9.97 Å². The highest BCUT2D eigenvalue weighted by Crippen LogP contribution is 2.06. The Balaban J connectivity index is 1.77. The number of nitrogens with two attached hydrogens (primary N) is 1. The van der Waals surface area contributed by atoms with Crippen LogP contribution in [0.15, 0.2) is 24.7 Å². The van der Waals surface area contributed by atoms with Crippen molar-refractivity contribution < 1.29 is 4.79 Å². The zero-order chi connectivity index (χ0) is 12.8. The van der Waals surface area contributed by atoms with Gasteiger partial charge >= 0.3 is 0 Å². The summed E-state index contributed by atoms with van der Waals surface area (Å²) in [5.74, 6) is 0.841. The number of aromatic nitrogens is 4. The van der Waals surface area contributed by atoms with Gasteiger partial charge < -0.3 is 11.1 Å². The summed E-state index contributed by atoms with van der Waals surface area (Å²) < 4.78 is 0. The zero-order valence-electron chi connectivity index (χ0n) is 9.76. The summed E-state index contributed by atoms with van der Waals surface area (Å²) in [6, 6.07) is 3.33. The Kier molecular flexibility index (Phi) is 3.85. The first-order chi connectivity index (χ1) is 8.77. The molecule has 2 aromatic rings. The van der Waals surface area contributed by atoms with E-state index < -0.39 is 0 Å². The van der Waals surface area contributed by atoms with E-state index in [1.54, 1.807) is 18.3 Å². The lowest BCUT2D eigenvalue weighted by Crippen LogP contribution is -2.26. The highest BCUT2D eigenvalue weighted by molar-refractivity contribution is 5.98. The minimum absolute atomic E-state index is 0.210. The summed E-state index contributed by atoms with van der Waals surface area (Å²) in [7, 11) is 0. The first-order valence-electron chi connectivity index (χ1n) is 5.60. The van der Waals surface area contributed by atoms with E-state index in [9.17, 15) is 4.79 Å². The van der Waals surface area contributed by atoms with Crippen LogP contribution in [-0.4, -0.2) is 32.6 Å². The Labute approximate surface area is 104 Å². The lowest BCUT2D eigenvalue weighted by atomic mass is 10.2. The van der Waals surface area contributed by atoms with Gasteiger partial charge in [0.1, 0.15) is 18.0 Å². The van der Waals surface area contributed by atoms with Crippen molar-refractivity contribution in [2.24, 2.45) is 0 Å². The van der Waals surface area contributed by atoms with Crippen LogP contribution in [0, 0.1) is 0 Å². The molecule has 2 aromatic heterocycles. The van der Waals surface area contributed by atoms with Crippen LogP contribution in [0.5, 0.6) is 0 Å². The number of nitrogen functional groups attached to an aromatic ring is 1. The molecular weight excluding hydrogens is 232 g/mol. The van der Waals surface area contributed by atoms with Crippen LogP contribution in [0.2, 0.25) is 0 Å². The van der Waals surface area contributed by atoms with Crippen molar-refractivity contribution in [2.75, 3.05) is 12.3 Å². The fourth-order valence-corrected chi connectivity index (χ4v) is 1.51. The number of hydrogen-bond donors (Lipinski definition) is 3. The SMILES string of the molecule is Nc1ncccc1C(=O)NCCCc1ncn[nH]1. The molecule has 0 radical (unpaired) electrons. The van der Waals surface area contributed by atoms with Crippen molar-refractivity contribution in [1.82, 2.24) is 25.5 Å². The second-order valence-electron chi connectivity index (χ2n) is 3.73. The standard InChI is InChI=1S/C11H14N6O/c12-10-8(3-1-5-13-10)11(18)14-6-2-4-9-15-7-16-17-9/h1,3,5,7H,2,4,6H2,(H2,12,13)(H,14,18)(H,15,16,17). The number of nitrogens with one attached hydrogen (secondary N) is 2. The van der Waals surface area contributed by atoms with Gasteiger partial charge in [-0.1, -0.05) is 0 Å². The van der Waals surface area contributed by atoms with E-state index in [1.165, 1.54) is 6.33 Å². The van der Waals surface area contributed by atoms with E-state index in [4.69, 9.17) is 5.73 Å². The molecule has 2 heterocycles. The Hall–Kier alpha value is -2.44. The molecule has 0 saturated heterocycles. The number of hydrogen-bond acceptors (Lipinski definition) is 5. The van der Waals surface area contributed by atoms with Crippen LogP contribution < -0.4 is 11.1 Å². The Morgan fingerprint density at radius 2 is 2.33 bits per heavy atom. The second kappa shape index (κ2) is 5.76. The van der Waals surface area contributed by atoms with Crippen molar-refractivity contribution in [3.63, 3.8) is 0 Å².